The van der Waals surface area contributed by atoms with Crippen molar-refractivity contribution in [2.45, 2.75) is 20.3 Å². The SMILES string of the molecule is Cc1ccccc1NC(=O)c1ccc(N2C(=O)[C@H]3[C@@H](C)C=CC[C@H]3C2=O)cc1. The van der Waals surface area contributed by atoms with E-state index in [2.05, 4.69) is 5.32 Å². The summed E-state index contributed by atoms with van der Waals surface area (Å²) in [5.74, 6) is -1.05. The van der Waals surface area contributed by atoms with Crippen LogP contribution in [0.2, 0.25) is 0 Å². The molecule has 0 unspecified atom stereocenters. The lowest BCUT2D eigenvalue weighted by atomic mass is 9.78. The third-order valence-corrected chi connectivity index (χ3v) is 5.65. The summed E-state index contributed by atoms with van der Waals surface area (Å²) in [7, 11) is 0. The Hall–Kier alpha value is -3.21. The molecular weight excluding hydrogens is 352 g/mol. The Morgan fingerprint density at radius 3 is 2.43 bits per heavy atom. The molecule has 1 saturated heterocycles. The lowest BCUT2D eigenvalue weighted by Crippen LogP contribution is -2.31. The molecule has 3 amide bonds. The number of carbonyl (C=O) groups excluding carboxylic acids is 3. The second kappa shape index (κ2) is 7.08. The molecule has 5 heteroatoms. The van der Waals surface area contributed by atoms with Crippen molar-refractivity contribution in [2.75, 3.05) is 10.2 Å². The van der Waals surface area contributed by atoms with Gasteiger partial charge in [-0.25, -0.2) is 0 Å². The average Bonchev–Trinajstić information content (AvgIpc) is 2.95. The first kappa shape index (κ1) is 18.2. The highest BCUT2D eigenvalue weighted by atomic mass is 16.2. The number of para-hydroxylation sites is 1. The second-order valence-corrected chi connectivity index (χ2v) is 7.48. The quantitative estimate of drug-likeness (QED) is 0.653. The van der Waals surface area contributed by atoms with Crippen LogP contribution in [0.15, 0.2) is 60.7 Å². The molecule has 0 bridgehead atoms. The van der Waals surface area contributed by atoms with Gasteiger partial charge in [0.15, 0.2) is 0 Å². The van der Waals surface area contributed by atoms with E-state index in [4.69, 9.17) is 0 Å². The predicted molar refractivity (Wildman–Crippen MR) is 108 cm³/mol. The molecule has 0 spiro atoms. The highest BCUT2D eigenvalue weighted by Gasteiger charge is 2.50. The lowest BCUT2D eigenvalue weighted by Gasteiger charge is -2.22. The summed E-state index contributed by atoms with van der Waals surface area (Å²) in [6, 6.07) is 14.2. The molecule has 1 N–H and O–H groups in total. The van der Waals surface area contributed by atoms with Gasteiger partial charge in [0, 0.05) is 11.3 Å². The third-order valence-electron chi connectivity index (χ3n) is 5.65. The molecule has 2 aliphatic rings. The summed E-state index contributed by atoms with van der Waals surface area (Å²) >= 11 is 0. The van der Waals surface area contributed by atoms with E-state index in [1.165, 1.54) is 4.90 Å². The Kier molecular flexibility index (Phi) is 4.59. The van der Waals surface area contributed by atoms with E-state index in [-0.39, 0.29) is 35.5 Å². The maximum Gasteiger partial charge on any atom is 0.255 e. The number of imide groups is 1. The van der Waals surface area contributed by atoms with E-state index in [0.717, 1.165) is 11.3 Å². The molecule has 4 rings (SSSR count). The fourth-order valence-electron chi connectivity index (χ4n) is 4.07. The van der Waals surface area contributed by atoms with Gasteiger partial charge in [0.2, 0.25) is 11.8 Å². The second-order valence-electron chi connectivity index (χ2n) is 7.48. The van der Waals surface area contributed by atoms with E-state index in [1.807, 2.05) is 50.3 Å². The van der Waals surface area contributed by atoms with Crippen molar-refractivity contribution in [3.8, 4) is 0 Å². The van der Waals surface area contributed by atoms with E-state index in [1.54, 1.807) is 24.3 Å². The number of anilines is 2. The number of amides is 3. The topological polar surface area (TPSA) is 66.5 Å². The van der Waals surface area contributed by atoms with Crippen LogP contribution in [-0.2, 0) is 9.59 Å². The number of hydrogen-bond donors (Lipinski definition) is 1. The molecular formula is C23H22N2O3. The number of carbonyl (C=O) groups is 3. The number of rotatable bonds is 3. The minimum atomic E-state index is -0.290. The monoisotopic (exact) mass is 374 g/mol. The Labute approximate surface area is 164 Å². The normalized spacial score (nSPS) is 23.6. The van der Waals surface area contributed by atoms with Crippen molar-refractivity contribution < 1.29 is 14.4 Å². The molecule has 3 atom stereocenters. The van der Waals surface area contributed by atoms with Crippen LogP contribution in [0.4, 0.5) is 11.4 Å². The van der Waals surface area contributed by atoms with Gasteiger partial charge in [-0.1, -0.05) is 37.3 Å². The molecule has 0 radical (unpaired) electrons. The largest absolute Gasteiger partial charge is 0.322 e. The Balaban J connectivity index is 1.54. The van der Waals surface area contributed by atoms with Crippen molar-refractivity contribution >= 4 is 29.1 Å². The average molecular weight is 374 g/mol. The number of nitrogens with one attached hydrogen (secondary N) is 1. The summed E-state index contributed by atoms with van der Waals surface area (Å²) in [5, 5.41) is 2.88. The molecule has 28 heavy (non-hydrogen) atoms. The van der Waals surface area contributed by atoms with Crippen LogP contribution >= 0.6 is 0 Å². The first-order valence-electron chi connectivity index (χ1n) is 9.49. The number of benzene rings is 2. The van der Waals surface area contributed by atoms with Crippen LogP contribution < -0.4 is 10.2 Å². The molecule has 1 aliphatic carbocycles. The number of fused-ring (bicyclic) bond motifs is 1. The van der Waals surface area contributed by atoms with E-state index in [0.29, 0.717) is 17.7 Å². The van der Waals surface area contributed by atoms with Gasteiger partial charge >= 0.3 is 0 Å². The third kappa shape index (κ3) is 3.03. The number of hydrogen-bond acceptors (Lipinski definition) is 3. The van der Waals surface area contributed by atoms with Crippen LogP contribution in [0.1, 0.15) is 29.3 Å². The van der Waals surface area contributed by atoms with Gasteiger partial charge in [0.05, 0.1) is 17.5 Å². The molecule has 0 aromatic heterocycles. The highest BCUT2D eigenvalue weighted by molar-refractivity contribution is 6.22. The van der Waals surface area contributed by atoms with Gasteiger partial charge in [-0.05, 0) is 55.2 Å². The molecule has 1 fully saturated rings. The van der Waals surface area contributed by atoms with Gasteiger partial charge in [0.1, 0.15) is 0 Å². The summed E-state index contributed by atoms with van der Waals surface area (Å²) < 4.78 is 0. The first-order valence-corrected chi connectivity index (χ1v) is 9.49. The van der Waals surface area contributed by atoms with Crippen LogP contribution in [0, 0.1) is 24.7 Å². The zero-order valence-corrected chi connectivity index (χ0v) is 15.9. The Bertz CT molecular complexity index is 978. The lowest BCUT2D eigenvalue weighted by molar-refractivity contribution is -0.122. The van der Waals surface area contributed by atoms with Crippen molar-refractivity contribution in [1.82, 2.24) is 0 Å². The molecule has 5 nitrogen and oxygen atoms in total. The van der Waals surface area contributed by atoms with Crippen molar-refractivity contribution in [3.63, 3.8) is 0 Å². The van der Waals surface area contributed by atoms with Crippen LogP contribution in [-0.4, -0.2) is 17.7 Å². The van der Waals surface area contributed by atoms with Crippen LogP contribution in [0.5, 0.6) is 0 Å². The Morgan fingerprint density at radius 2 is 1.75 bits per heavy atom. The van der Waals surface area contributed by atoms with E-state index < -0.39 is 0 Å². The molecule has 2 aromatic carbocycles. The molecule has 1 aliphatic heterocycles. The standard InChI is InChI=1S/C23H22N2O3/c1-14-6-3-4-9-19(14)24-21(26)16-10-12-17(13-11-16)25-22(27)18-8-5-7-15(2)20(18)23(25)28/h3-7,9-13,15,18,20H,8H2,1-2H3,(H,24,26)/t15-,18+,20-/m0/s1. The van der Waals surface area contributed by atoms with Crippen LogP contribution in [0.25, 0.3) is 0 Å². The predicted octanol–water partition coefficient (Wildman–Crippen LogP) is 3.95. The van der Waals surface area contributed by atoms with E-state index in [9.17, 15) is 14.4 Å². The molecule has 0 saturated carbocycles. The molecule has 142 valence electrons. The van der Waals surface area contributed by atoms with E-state index >= 15 is 0 Å². The van der Waals surface area contributed by atoms with Gasteiger partial charge in [0.25, 0.3) is 5.91 Å². The van der Waals surface area contributed by atoms with Gasteiger partial charge in [-0.2, -0.15) is 0 Å². The number of allylic oxidation sites excluding steroid dienone is 2. The fraction of sp³-hybridized carbons (Fsp3) is 0.261. The zero-order chi connectivity index (χ0) is 19.8. The smallest absolute Gasteiger partial charge is 0.255 e. The molecule has 2 aromatic rings. The maximum absolute atomic E-state index is 12.9. The minimum absolute atomic E-state index is 0.0550. The zero-order valence-electron chi connectivity index (χ0n) is 15.9. The summed E-state index contributed by atoms with van der Waals surface area (Å²) in [4.78, 5) is 39.4. The van der Waals surface area contributed by atoms with Gasteiger partial charge < -0.3 is 5.32 Å². The van der Waals surface area contributed by atoms with Gasteiger partial charge in [-0.3, -0.25) is 19.3 Å². The molecule has 1 heterocycles. The number of nitrogens with zero attached hydrogens (tertiary/aromatic N) is 1. The number of aryl methyl sites for hydroxylation is 1. The minimum Gasteiger partial charge on any atom is -0.322 e. The summed E-state index contributed by atoms with van der Waals surface area (Å²) in [6.07, 6.45) is 4.60. The first-order chi connectivity index (χ1) is 13.5. The van der Waals surface area contributed by atoms with Crippen molar-refractivity contribution in [3.05, 3.63) is 71.8 Å². The summed E-state index contributed by atoms with van der Waals surface area (Å²) in [5.41, 5.74) is 2.72. The van der Waals surface area contributed by atoms with Gasteiger partial charge in [-0.15, -0.1) is 0 Å². The highest BCUT2D eigenvalue weighted by Crippen LogP contribution is 2.40. The van der Waals surface area contributed by atoms with Crippen molar-refractivity contribution in [2.24, 2.45) is 17.8 Å². The van der Waals surface area contributed by atoms with Crippen LogP contribution in [0.3, 0.4) is 0 Å². The summed E-state index contributed by atoms with van der Waals surface area (Å²) in [6.45, 7) is 3.90. The van der Waals surface area contributed by atoms with Crippen molar-refractivity contribution in [1.29, 1.82) is 0 Å². The Morgan fingerprint density at radius 1 is 1.04 bits per heavy atom. The maximum atomic E-state index is 12.9. The fourth-order valence-corrected chi connectivity index (χ4v) is 4.07.